The molecule has 2 fully saturated rings. The van der Waals surface area contributed by atoms with Gasteiger partial charge in [-0.05, 0) is 35.9 Å². The standard InChI is InChI=1S/C29H31FN4O4/c1-3-32-12-14-33(15-13-32)17-21-6-4-20(5-7-21)10-11-29(16-24(35)31-28(29)37)19-34-18-22-8-9-23(38-2)26(30)25(22)27(34)36/h4-9H,3,12-19H2,1-2H3,(H,31,35,37)/t29-/m1/s1. The van der Waals surface area contributed by atoms with Crippen LogP contribution in [0, 0.1) is 23.1 Å². The summed E-state index contributed by atoms with van der Waals surface area (Å²) >= 11 is 0. The van der Waals surface area contributed by atoms with Crippen LogP contribution in [0.2, 0.25) is 0 Å². The zero-order valence-corrected chi connectivity index (χ0v) is 21.7. The van der Waals surface area contributed by atoms with Gasteiger partial charge >= 0.3 is 0 Å². The summed E-state index contributed by atoms with van der Waals surface area (Å²) in [5.74, 6) is 3.77. The van der Waals surface area contributed by atoms with Crippen LogP contribution in [0.1, 0.15) is 40.4 Å². The molecule has 8 nitrogen and oxygen atoms in total. The van der Waals surface area contributed by atoms with E-state index in [0.29, 0.717) is 11.1 Å². The Kier molecular flexibility index (Phi) is 7.19. The largest absolute Gasteiger partial charge is 0.494 e. The van der Waals surface area contributed by atoms with E-state index in [1.807, 2.05) is 24.3 Å². The van der Waals surface area contributed by atoms with Gasteiger partial charge in [0.1, 0.15) is 5.41 Å². The summed E-state index contributed by atoms with van der Waals surface area (Å²) in [5.41, 5.74) is 0.925. The second-order valence-corrected chi connectivity index (χ2v) is 10.1. The molecule has 0 aliphatic carbocycles. The first-order valence-corrected chi connectivity index (χ1v) is 12.9. The number of halogens is 1. The molecule has 1 atom stereocenters. The minimum Gasteiger partial charge on any atom is -0.494 e. The highest BCUT2D eigenvalue weighted by Gasteiger charge is 2.49. The number of likely N-dealkylation sites (N-methyl/N-ethyl adjacent to an activating group) is 1. The second kappa shape index (κ2) is 10.6. The first-order chi connectivity index (χ1) is 18.3. The van der Waals surface area contributed by atoms with Gasteiger partial charge in [-0.3, -0.25) is 24.6 Å². The number of carbonyl (C=O) groups excluding carboxylic acids is 3. The minimum atomic E-state index is -1.41. The minimum absolute atomic E-state index is 0.0195. The van der Waals surface area contributed by atoms with Gasteiger partial charge in [-0.1, -0.05) is 37.0 Å². The number of rotatable bonds is 6. The second-order valence-electron chi connectivity index (χ2n) is 10.1. The summed E-state index contributed by atoms with van der Waals surface area (Å²) in [5, 5.41) is 2.32. The van der Waals surface area contributed by atoms with Crippen molar-refractivity contribution in [1.82, 2.24) is 20.0 Å². The van der Waals surface area contributed by atoms with Crippen LogP contribution in [0.5, 0.6) is 5.75 Å². The number of benzene rings is 2. The number of imide groups is 1. The predicted molar refractivity (Wildman–Crippen MR) is 139 cm³/mol. The SMILES string of the molecule is CCN1CCN(Cc2ccc(C#C[C@]3(CN4Cc5ccc(OC)c(F)c5C4=O)CC(=O)NC3=O)cc2)CC1. The van der Waals surface area contributed by atoms with Crippen molar-refractivity contribution in [2.45, 2.75) is 26.4 Å². The molecule has 3 amide bonds. The van der Waals surface area contributed by atoms with Gasteiger partial charge in [0.25, 0.3) is 5.91 Å². The van der Waals surface area contributed by atoms with E-state index in [-0.39, 0.29) is 30.8 Å². The summed E-state index contributed by atoms with van der Waals surface area (Å²) in [7, 11) is 1.33. The first-order valence-electron chi connectivity index (χ1n) is 12.9. The number of piperazine rings is 1. The van der Waals surface area contributed by atoms with Crippen molar-refractivity contribution < 1.29 is 23.5 Å². The summed E-state index contributed by atoms with van der Waals surface area (Å²) in [6.07, 6.45) is -0.160. The summed E-state index contributed by atoms with van der Waals surface area (Å²) < 4.78 is 19.8. The first kappa shape index (κ1) is 25.9. The summed E-state index contributed by atoms with van der Waals surface area (Å²) in [6, 6.07) is 11.0. The number of fused-ring (bicyclic) bond motifs is 1. The number of methoxy groups -OCH3 is 1. The highest BCUT2D eigenvalue weighted by Crippen LogP contribution is 2.35. The van der Waals surface area contributed by atoms with Crippen molar-refractivity contribution in [3.05, 3.63) is 64.5 Å². The van der Waals surface area contributed by atoms with Gasteiger partial charge in [-0.2, -0.15) is 0 Å². The van der Waals surface area contributed by atoms with Crippen molar-refractivity contribution >= 4 is 17.7 Å². The lowest BCUT2D eigenvalue weighted by atomic mass is 9.85. The Morgan fingerprint density at radius 1 is 1.03 bits per heavy atom. The summed E-state index contributed by atoms with van der Waals surface area (Å²) in [4.78, 5) is 44.4. The fraction of sp³-hybridized carbons (Fsp3) is 0.414. The Balaban J connectivity index is 1.32. The monoisotopic (exact) mass is 518 g/mol. The van der Waals surface area contributed by atoms with Crippen molar-refractivity contribution in [3.63, 3.8) is 0 Å². The van der Waals surface area contributed by atoms with Crippen molar-refractivity contribution in [2.24, 2.45) is 5.41 Å². The Bertz CT molecular complexity index is 1320. The van der Waals surface area contributed by atoms with E-state index in [2.05, 4.69) is 33.9 Å². The van der Waals surface area contributed by atoms with Gasteiger partial charge in [-0.25, -0.2) is 4.39 Å². The number of amides is 3. The van der Waals surface area contributed by atoms with Crippen molar-refractivity contribution in [3.8, 4) is 17.6 Å². The third-order valence-corrected chi connectivity index (χ3v) is 7.60. The number of hydrogen-bond acceptors (Lipinski definition) is 6. The van der Waals surface area contributed by atoms with Crippen molar-refractivity contribution in [2.75, 3.05) is 46.4 Å². The highest BCUT2D eigenvalue weighted by atomic mass is 19.1. The fourth-order valence-corrected chi connectivity index (χ4v) is 5.33. The average Bonchev–Trinajstić information content (AvgIpc) is 3.39. The molecule has 0 unspecified atom stereocenters. The molecule has 2 aromatic rings. The third-order valence-electron chi connectivity index (χ3n) is 7.60. The van der Waals surface area contributed by atoms with E-state index in [0.717, 1.165) is 39.3 Å². The Morgan fingerprint density at radius 2 is 1.74 bits per heavy atom. The van der Waals surface area contributed by atoms with E-state index in [1.54, 1.807) is 6.07 Å². The number of ether oxygens (including phenoxy) is 1. The van der Waals surface area contributed by atoms with Gasteiger partial charge in [0, 0.05) is 51.4 Å². The lowest BCUT2D eigenvalue weighted by Gasteiger charge is -2.34. The van der Waals surface area contributed by atoms with Gasteiger partial charge < -0.3 is 14.5 Å². The lowest BCUT2D eigenvalue weighted by Crippen LogP contribution is -2.45. The molecule has 38 heavy (non-hydrogen) atoms. The fourth-order valence-electron chi connectivity index (χ4n) is 5.33. The van der Waals surface area contributed by atoms with Crippen LogP contribution in [0.3, 0.4) is 0 Å². The molecule has 5 rings (SSSR count). The van der Waals surface area contributed by atoms with Crippen molar-refractivity contribution in [1.29, 1.82) is 0 Å². The van der Waals surface area contributed by atoms with Crippen LogP contribution >= 0.6 is 0 Å². The van der Waals surface area contributed by atoms with Crippen LogP contribution in [0.15, 0.2) is 36.4 Å². The molecule has 2 saturated heterocycles. The zero-order valence-electron chi connectivity index (χ0n) is 21.7. The van der Waals surface area contributed by atoms with Crippen LogP contribution in [0.25, 0.3) is 0 Å². The van der Waals surface area contributed by atoms with E-state index in [4.69, 9.17) is 4.74 Å². The number of hydrogen-bond donors (Lipinski definition) is 1. The molecule has 3 aliphatic rings. The van der Waals surface area contributed by atoms with Gasteiger partial charge in [0.05, 0.1) is 19.1 Å². The van der Waals surface area contributed by atoms with Gasteiger partial charge in [-0.15, -0.1) is 0 Å². The van der Waals surface area contributed by atoms with E-state index in [9.17, 15) is 18.8 Å². The quantitative estimate of drug-likeness (QED) is 0.466. The molecule has 3 aliphatic heterocycles. The maximum Gasteiger partial charge on any atom is 0.257 e. The molecule has 1 N–H and O–H groups in total. The normalized spacial score (nSPS) is 21.8. The van der Waals surface area contributed by atoms with E-state index in [1.165, 1.54) is 23.6 Å². The number of carbonyl (C=O) groups is 3. The molecule has 9 heteroatoms. The number of nitrogens with zero attached hydrogens (tertiary/aromatic N) is 3. The van der Waals surface area contributed by atoms with Crippen LogP contribution in [-0.2, 0) is 22.7 Å². The average molecular weight is 519 g/mol. The lowest BCUT2D eigenvalue weighted by molar-refractivity contribution is -0.127. The molecule has 0 bridgehead atoms. The van der Waals surface area contributed by atoms with E-state index >= 15 is 0 Å². The third kappa shape index (κ3) is 5.02. The zero-order chi connectivity index (χ0) is 26.9. The maximum atomic E-state index is 14.8. The topological polar surface area (TPSA) is 82.2 Å². The molecule has 2 aromatic carbocycles. The molecular formula is C29H31FN4O4. The van der Waals surface area contributed by atoms with Gasteiger partial charge in [0.2, 0.25) is 11.8 Å². The highest BCUT2D eigenvalue weighted by molar-refractivity contribution is 6.08. The van der Waals surface area contributed by atoms with Gasteiger partial charge in [0.15, 0.2) is 11.6 Å². The smallest absolute Gasteiger partial charge is 0.257 e. The molecule has 0 saturated carbocycles. The molecule has 0 radical (unpaired) electrons. The number of nitrogens with one attached hydrogen (secondary N) is 1. The molecule has 198 valence electrons. The Hall–Kier alpha value is -3.74. The van der Waals surface area contributed by atoms with Crippen LogP contribution in [-0.4, -0.2) is 78.8 Å². The molecule has 0 spiro atoms. The Morgan fingerprint density at radius 3 is 2.37 bits per heavy atom. The maximum absolute atomic E-state index is 14.8. The van der Waals surface area contributed by atoms with Crippen LogP contribution in [0.4, 0.5) is 4.39 Å². The molecular weight excluding hydrogens is 487 g/mol. The molecule has 3 heterocycles. The predicted octanol–water partition coefficient (Wildman–Crippen LogP) is 2.01. The molecule has 0 aromatic heterocycles. The van der Waals surface area contributed by atoms with Crippen LogP contribution < -0.4 is 10.1 Å². The van der Waals surface area contributed by atoms with E-state index < -0.39 is 29.0 Å². The summed E-state index contributed by atoms with van der Waals surface area (Å²) in [6.45, 7) is 8.37. The Labute approximate surface area is 221 Å².